The van der Waals surface area contributed by atoms with Crippen molar-refractivity contribution in [1.82, 2.24) is 16.1 Å². The van der Waals surface area contributed by atoms with Crippen LogP contribution >= 0.6 is 12.2 Å². The Morgan fingerprint density at radius 1 is 1.16 bits per heavy atom. The molecule has 0 spiro atoms. The van der Waals surface area contributed by atoms with Crippen LogP contribution in [0.1, 0.15) is 51.3 Å². The minimum absolute atomic E-state index is 0.142. The fourth-order valence-electron chi connectivity index (χ4n) is 3.56. The predicted octanol–water partition coefficient (Wildman–Crippen LogP) is 3.75. The molecule has 37 heavy (non-hydrogen) atoms. The number of hydrogen-bond donors (Lipinski definition) is 3. The van der Waals surface area contributed by atoms with E-state index in [0.717, 1.165) is 17.7 Å². The van der Waals surface area contributed by atoms with E-state index >= 15 is 0 Å². The van der Waals surface area contributed by atoms with E-state index in [2.05, 4.69) is 28.1 Å². The lowest BCUT2D eigenvalue weighted by molar-refractivity contribution is -0.139. The maximum Gasteiger partial charge on any atom is 0.338 e. The van der Waals surface area contributed by atoms with Crippen LogP contribution in [0.3, 0.4) is 0 Å². The zero-order valence-electron chi connectivity index (χ0n) is 21.4. The minimum atomic E-state index is -0.600. The highest BCUT2D eigenvalue weighted by molar-refractivity contribution is 7.80. The second kappa shape index (κ2) is 13.4. The second-order valence-electron chi connectivity index (χ2n) is 8.32. The van der Waals surface area contributed by atoms with Crippen LogP contribution in [0.15, 0.2) is 64.9 Å². The van der Waals surface area contributed by atoms with Crippen molar-refractivity contribution in [3.63, 3.8) is 0 Å². The van der Waals surface area contributed by atoms with Crippen molar-refractivity contribution in [1.29, 1.82) is 0 Å². The number of amides is 1. The van der Waals surface area contributed by atoms with Crippen molar-refractivity contribution < 1.29 is 23.8 Å². The topological polar surface area (TPSA) is 110 Å². The molecule has 1 aliphatic heterocycles. The molecular formula is C27H32N4O5S. The van der Waals surface area contributed by atoms with Crippen LogP contribution in [0.2, 0.25) is 0 Å². The van der Waals surface area contributed by atoms with Gasteiger partial charge in [-0.1, -0.05) is 25.1 Å². The molecule has 2 aromatic rings. The molecule has 196 valence electrons. The summed E-state index contributed by atoms with van der Waals surface area (Å²) in [5, 5.41) is 10.4. The molecule has 3 N–H and O–H groups in total. The quantitative estimate of drug-likeness (QED) is 0.176. The molecule has 0 saturated carbocycles. The van der Waals surface area contributed by atoms with Gasteiger partial charge in [-0.3, -0.25) is 4.79 Å². The molecule has 0 bridgehead atoms. The first kappa shape index (κ1) is 27.7. The van der Waals surface area contributed by atoms with E-state index < -0.39 is 17.9 Å². The van der Waals surface area contributed by atoms with Gasteiger partial charge in [0.25, 0.3) is 5.91 Å². The number of carbonyl (C=O) groups excluding carboxylic acids is 2. The molecule has 0 saturated heterocycles. The van der Waals surface area contributed by atoms with E-state index in [-0.39, 0.29) is 19.3 Å². The van der Waals surface area contributed by atoms with Gasteiger partial charge in [0, 0.05) is 11.3 Å². The van der Waals surface area contributed by atoms with Crippen molar-refractivity contribution in [3.8, 4) is 11.5 Å². The number of allylic oxidation sites excluding steroid dienone is 1. The van der Waals surface area contributed by atoms with Crippen molar-refractivity contribution >= 4 is 35.4 Å². The van der Waals surface area contributed by atoms with Gasteiger partial charge in [-0.05, 0) is 75.3 Å². The van der Waals surface area contributed by atoms with Gasteiger partial charge in [0.15, 0.2) is 11.7 Å². The fourth-order valence-corrected chi connectivity index (χ4v) is 3.83. The van der Waals surface area contributed by atoms with E-state index in [1.807, 2.05) is 37.3 Å². The van der Waals surface area contributed by atoms with Crippen molar-refractivity contribution in [2.24, 2.45) is 5.10 Å². The summed E-state index contributed by atoms with van der Waals surface area (Å²) in [5.74, 6) is 0.306. The number of carbonyl (C=O) groups is 2. The summed E-state index contributed by atoms with van der Waals surface area (Å²) in [6.07, 6.45) is 2.60. The Hall–Kier alpha value is -3.92. The molecule has 3 rings (SSSR count). The summed E-state index contributed by atoms with van der Waals surface area (Å²) < 4.78 is 16.8. The number of hydrogen-bond acceptors (Lipinski definition) is 7. The molecular weight excluding hydrogens is 492 g/mol. The van der Waals surface area contributed by atoms with Crippen LogP contribution in [0, 0.1) is 0 Å². The Morgan fingerprint density at radius 3 is 2.59 bits per heavy atom. The summed E-state index contributed by atoms with van der Waals surface area (Å²) in [6, 6.07) is 13.9. The van der Waals surface area contributed by atoms with E-state index in [1.54, 1.807) is 32.0 Å². The third-order valence-corrected chi connectivity index (χ3v) is 5.77. The summed E-state index contributed by atoms with van der Waals surface area (Å²) in [5.41, 5.74) is 4.89. The Bertz CT molecular complexity index is 1180. The number of benzene rings is 2. The molecule has 2 aromatic carbocycles. The molecule has 9 nitrogen and oxygen atoms in total. The SMILES string of the molecule is CCOC(=O)C1=C(C)NC(=S)N[C@@H]1c1ccccc1OCC(=O)NN=Cc1ccc(O[C@@H](C)CC)cc1. The molecule has 1 heterocycles. The van der Waals surface area contributed by atoms with Crippen LogP contribution in [0.25, 0.3) is 0 Å². The first-order valence-electron chi connectivity index (χ1n) is 12.1. The third kappa shape index (κ3) is 7.78. The zero-order valence-corrected chi connectivity index (χ0v) is 22.2. The van der Waals surface area contributed by atoms with Gasteiger partial charge in [-0.25, -0.2) is 10.2 Å². The average molecular weight is 525 g/mol. The van der Waals surface area contributed by atoms with Crippen LogP contribution in [-0.4, -0.2) is 42.5 Å². The lowest BCUT2D eigenvalue weighted by Crippen LogP contribution is -2.45. The predicted molar refractivity (Wildman–Crippen MR) is 145 cm³/mol. The maximum absolute atomic E-state index is 12.7. The number of thiocarbonyl (C=S) groups is 1. The lowest BCUT2D eigenvalue weighted by Gasteiger charge is -2.30. The molecule has 0 aromatic heterocycles. The minimum Gasteiger partial charge on any atom is -0.491 e. The average Bonchev–Trinajstić information content (AvgIpc) is 2.88. The maximum atomic E-state index is 12.7. The first-order chi connectivity index (χ1) is 17.8. The highest BCUT2D eigenvalue weighted by Crippen LogP contribution is 2.33. The molecule has 2 atom stereocenters. The monoisotopic (exact) mass is 524 g/mol. The lowest BCUT2D eigenvalue weighted by atomic mass is 9.95. The van der Waals surface area contributed by atoms with Gasteiger partial charge in [0.2, 0.25) is 0 Å². The fraction of sp³-hybridized carbons (Fsp3) is 0.333. The number of rotatable bonds is 11. The zero-order chi connectivity index (χ0) is 26.8. The third-order valence-electron chi connectivity index (χ3n) is 5.55. The standard InChI is InChI=1S/C27H32N4O5S/c1-5-17(3)36-20-13-11-19(12-14-20)15-28-31-23(32)16-35-22-10-8-7-9-21(22)25-24(26(33)34-6-2)18(4)29-27(37)30-25/h7-15,17,25H,5-6,16H2,1-4H3,(H,31,32)(H2,29,30,37)/t17-,25+/m0/s1. The van der Waals surface area contributed by atoms with Crippen LogP contribution in [0.4, 0.5) is 0 Å². The number of para-hydroxylation sites is 1. The van der Waals surface area contributed by atoms with Crippen molar-refractivity contribution in [3.05, 3.63) is 70.9 Å². The van der Waals surface area contributed by atoms with Crippen LogP contribution in [0.5, 0.6) is 11.5 Å². The van der Waals surface area contributed by atoms with Crippen molar-refractivity contribution in [2.45, 2.75) is 46.3 Å². The smallest absolute Gasteiger partial charge is 0.338 e. The largest absolute Gasteiger partial charge is 0.491 e. The van der Waals surface area contributed by atoms with Crippen LogP contribution < -0.4 is 25.5 Å². The summed E-state index contributed by atoms with van der Waals surface area (Å²) in [7, 11) is 0. The highest BCUT2D eigenvalue weighted by atomic mass is 32.1. The first-order valence-corrected chi connectivity index (χ1v) is 12.5. The summed E-state index contributed by atoms with van der Waals surface area (Å²) in [6.45, 7) is 7.54. The summed E-state index contributed by atoms with van der Waals surface area (Å²) >= 11 is 5.30. The van der Waals surface area contributed by atoms with E-state index in [0.29, 0.717) is 27.7 Å². The van der Waals surface area contributed by atoms with E-state index in [1.165, 1.54) is 6.21 Å². The van der Waals surface area contributed by atoms with Crippen LogP contribution in [-0.2, 0) is 14.3 Å². The van der Waals surface area contributed by atoms with E-state index in [9.17, 15) is 9.59 Å². The molecule has 0 unspecified atom stereocenters. The number of hydrazone groups is 1. The molecule has 0 fully saturated rings. The van der Waals surface area contributed by atoms with Gasteiger partial charge >= 0.3 is 5.97 Å². The van der Waals surface area contributed by atoms with Gasteiger partial charge in [0.05, 0.1) is 30.5 Å². The Labute approximate surface area is 222 Å². The Morgan fingerprint density at radius 2 is 1.89 bits per heavy atom. The highest BCUT2D eigenvalue weighted by Gasteiger charge is 2.32. The summed E-state index contributed by atoms with van der Waals surface area (Å²) in [4.78, 5) is 25.0. The molecule has 1 amide bonds. The molecule has 1 aliphatic rings. The Balaban J connectivity index is 1.63. The Kier molecular flexibility index (Phi) is 10.0. The van der Waals surface area contributed by atoms with Gasteiger partial charge in [-0.15, -0.1) is 0 Å². The van der Waals surface area contributed by atoms with Crippen molar-refractivity contribution in [2.75, 3.05) is 13.2 Å². The van der Waals surface area contributed by atoms with E-state index in [4.69, 9.17) is 26.4 Å². The molecule has 10 heteroatoms. The number of nitrogens with one attached hydrogen (secondary N) is 3. The normalized spacial score (nSPS) is 16.0. The number of esters is 1. The number of ether oxygens (including phenoxy) is 3. The molecule has 0 aliphatic carbocycles. The number of nitrogens with zero attached hydrogens (tertiary/aromatic N) is 1. The van der Waals surface area contributed by atoms with Gasteiger partial charge in [0.1, 0.15) is 11.5 Å². The van der Waals surface area contributed by atoms with Gasteiger partial charge in [-0.2, -0.15) is 5.10 Å². The van der Waals surface area contributed by atoms with Gasteiger partial charge < -0.3 is 24.8 Å². The molecule has 0 radical (unpaired) electrons. The second-order valence-corrected chi connectivity index (χ2v) is 8.72.